The molecule has 0 aliphatic heterocycles. The molecule has 24 heavy (non-hydrogen) atoms. The molecule has 3 rings (SSSR count). The summed E-state index contributed by atoms with van der Waals surface area (Å²) >= 11 is 0. The number of fused-ring (bicyclic) bond motifs is 1. The Morgan fingerprint density at radius 2 is 1.42 bits per heavy atom. The fourth-order valence-electron chi connectivity index (χ4n) is 3.04. The predicted octanol–water partition coefficient (Wildman–Crippen LogP) is 2.68. The largest absolute Gasteiger partial charge is 0.497 e. The zero-order valence-corrected chi connectivity index (χ0v) is 12.8. The highest BCUT2D eigenvalue weighted by Crippen LogP contribution is 2.41. The molecule has 0 unspecified atom stereocenters. The number of nitrogens with zero attached hydrogens (tertiary/aromatic N) is 2. The van der Waals surface area contributed by atoms with Gasteiger partial charge in [0.2, 0.25) is 0 Å². The van der Waals surface area contributed by atoms with E-state index in [9.17, 15) is 20.1 Å². The van der Waals surface area contributed by atoms with Crippen LogP contribution in [0.2, 0.25) is 0 Å². The maximum Gasteiger partial charge on any atom is 0.185 e. The molecule has 1 aliphatic rings. The molecule has 5 heteroatoms. The van der Waals surface area contributed by atoms with Crippen LogP contribution in [0, 0.1) is 28.6 Å². The third kappa shape index (κ3) is 2.00. The van der Waals surface area contributed by atoms with Crippen molar-refractivity contribution in [1.82, 2.24) is 0 Å². The van der Waals surface area contributed by atoms with Gasteiger partial charge in [0.05, 0.1) is 19.2 Å². The van der Waals surface area contributed by atoms with Gasteiger partial charge in [0, 0.05) is 11.1 Å². The van der Waals surface area contributed by atoms with E-state index in [1.165, 1.54) is 19.2 Å². The Balaban J connectivity index is 2.16. The van der Waals surface area contributed by atoms with E-state index in [-0.39, 0.29) is 11.1 Å². The van der Waals surface area contributed by atoms with Gasteiger partial charge in [0.15, 0.2) is 17.0 Å². The lowest BCUT2D eigenvalue weighted by atomic mass is 9.70. The minimum Gasteiger partial charge on any atom is -0.497 e. The average molecular weight is 316 g/mol. The second-order valence-corrected chi connectivity index (χ2v) is 5.47. The van der Waals surface area contributed by atoms with Gasteiger partial charge < -0.3 is 4.74 Å². The predicted molar refractivity (Wildman–Crippen MR) is 84.5 cm³/mol. The molecule has 0 bridgehead atoms. The van der Waals surface area contributed by atoms with Crippen molar-refractivity contribution < 1.29 is 14.3 Å². The molecule has 1 aliphatic carbocycles. The lowest BCUT2D eigenvalue weighted by molar-refractivity contribution is 0.0807. The number of carbonyl (C=O) groups is 2. The first kappa shape index (κ1) is 15.5. The maximum absolute atomic E-state index is 12.7. The first-order valence-corrected chi connectivity index (χ1v) is 7.23. The molecule has 0 N–H and O–H groups in total. The van der Waals surface area contributed by atoms with E-state index in [0.717, 1.165) is 0 Å². The van der Waals surface area contributed by atoms with Crippen molar-refractivity contribution in [1.29, 1.82) is 10.5 Å². The Morgan fingerprint density at radius 1 is 0.917 bits per heavy atom. The van der Waals surface area contributed by atoms with E-state index in [4.69, 9.17) is 4.74 Å². The molecule has 116 valence electrons. The first-order chi connectivity index (χ1) is 11.6. The number of nitriles is 2. The lowest BCUT2D eigenvalue weighted by Gasteiger charge is -2.24. The number of hydrogen-bond donors (Lipinski definition) is 0. The van der Waals surface area contributed by atoms with Crippen LogP contribution in [-0.4, -0.2) is 18.7 Å². The van der Waals surface area contributed by atoms with Crippen LogP contribution < -0.4 is 4.74 Å². The van der Waals surface area contributed by atoms with Crippen molar-refractivity contribution in [3.63, 3.8) is 0 Å². The molecule has 0 fully saturated rings. The van der Waals surface area contributed by atoms with Gasteiger partial charge in [-0.1, -0.05) is 36.4 Å². The Labute approximate surface area is 138 Å². The third-order valence-corrected chi connectivity index (χ3v) is 4.31. The van der Waals surface area contributed by atoms with E-state index >= 15 is 0 Å². The van der Waals surface area contributed by atoms with Crippen LogP contribution in [-0.2, 0) is 5.41 Å². The number of ether oxygens (including phenoxy) is 1. The maximum atomic E-state index is 12.7. The highest BCUT2D eigenvalue weighted by molar-refractivity contribution is 6.27. The standard InChI is InChI=1S/C19H12N2O3/c1-24-13-8-6-12(7-9-13)19(10-20,11-21)16-17(22)14-4-2-3-5-15(14)18(16)23/h2-9,16H,1H3. The minimum atomic E-state index is -1.88. The monoisotopic (exact) mass is 316 g/mol. The number of rotatable bonds is 3. The summed E-state index contributed by atoms with van der Waals surface area (Å²) in [6.45, 7) is 0. The number of hydrogen-bond acceptors (Lipinski definition) is 5. The third-order valence-electron chi connectivity index (χ3n) is 4.31. The number of methoxy groups -OCH3 is 1. The van der Waals surface area contributed by atoms with Crippen molar-refractivity contribution in [3.8, 4) is 17.9 Å². The van der Waals surface area contributed by atoms with Gasteiger partial charge in [0.1, 0.15) is 11.7 Å². The average Bonchev–Trinajstić information content (AvgIpc) is 2.90. The molecule has 0 spiro atoms. The summed E-state index contributed by atoms with van der Waals surface area (Å²) in [7, 11) is 1.50. The van der Waals surface area contributed by atoms with Crippen LogP contribution in [0.3, 0.4) is 0 Å². The minimum absolute atomic E-state index is 0.260. The summed E-state index contributed by atoms with van der Waals surface area (Å²) < 4.78 is 5.07. The number of carbonyl (C=O) groups excluding carboxylic acids is 2. The molecule has 0 saturated heterocycles. The van der Waals surface area contributed by atoms with Crippen LogP contribution >= 0.6 is 0 Å². The van der Waals surface area contributed by atoms with E-state index in [0.29, 0.717) is 11.3 Å². The highest BCUT2D eigenvalue weighted by atomic mass is 16.5. The molecule has 2 aromatic carbocycles. The first-order valence-electron chi connectivity index (χ1n) is 7.23. The fourth-order valence-corrected chi connectivity index (χ4v) is 3.04. The van der Waals surface area contributed by atoms with E-state index in [1.54, 1.807) is 36.4 Å². The van der Waals surface area contributed by atoms with Gasteiger partial charge >= 0.3 is 0 Å². The molecule has 0 radical (unpaired) electrons. The van der Waals surface area contributed by atoms with Crippen molar-refractivity contribution in [2.75, 3.05) is 7.11 Å². The Morgan fingerprint density at radius 3 is 1.83 bits per heavy atom. The fraction of sp³-hybridized carbons (Fsp3) is 0.158. The van der Waals surface area contributed by atoms with Gasteiger partial charge in [-0.15, -0.1) is 0 Å². The van der Waals surface area contributed by atoms with Gasteiger partial charge in [-0.3, -0.25) is 9.59 Å². The topological polar surface area (TPSA) is 90.9 Å². The molecule has 0 heterocycles. The van der Waals surface area contributed by atoms with Crippen LogP contribution in [0.15, 0.2) is 48.5 Å². The summed E-state index contributed by atoms with van der Waals surface area (Å²) in [5, 5.41) is 19.4. The molecule has 5 nitrogen and oxygen atoms in total. The quantitative estimate of drug-likeness (QED) is 0.812. The van der Waals surface area contributed by atoms with E-state index < -0.39 is 22.9 Å². The smallest absolute Gasteiger partial charge is 0.185 e. The number of Topliss-reactive ketones (excluding diaryl/α,β-unsaturated/α-hetero) is 2. The van der Waals surface area contributed by atoms with Gasteiger partial charge in [-0.05, 0) is 17.7 Å². The molecule has 0 amide bonds. The highest BCUT2D eigenvalue weighted by Gasteiger charge is 2.54. The summed E-state index contributed by atoms with van der Waals surface area (Å²) in [4.78, 5) is 25.4. The van der Waals surface area contributed by atoms with Crippen molar-refractivity contribution >= 4 is 11.6 Å². The second-order valence-electron chi connectivity index (χ2n) is 5.47. The van der Waals surface area contributed by atoms with Gasteiger partial charge in [-0.25, -0.2) is 0 Å². The normalized spacial score (nSPS) is 14.0. The Bertz CT molecular complexity index is 868. The van der Waals surface area contributed by atoms with Gasteiger partial charge in [0.25, 0.3) is 0 Å². The Hall–Kier alpha value is -3.44. The van der Waals surface area contributed by atoms with Crippen molar-refractivity contribution in [2.45, 2.75) is 5.41 Å². The summed E-state index contributed by atoms with van der Waals surface area (Å²) in [5.41, 5.74) is -1.06. The molecule has 2 aromatic rings. The van der Waals surface area contributed by atoms with Crippen molar-refractivity contribution in [2.24, 2.45) is 5.92 Å². The number of benzene rings is 2. The van der Waals surface area contributed by atoms with Crippen LogP contribution in [0.25, 0.3) is 0 Å². The SMILES string of the molecule is COc1ccc(C(C#N)(C#N)C2C(=O)c3ccccc3C2=O)cc1. The number of ketones is 2. The molecule has 0 saturated carbocycles. The zero-order valence-electron chi connectivity index (χ0n) is 12.8. The second kappa shape index (κ2) is 5.64. The molecule has 0 aromatic heterocycles. The van der Waals surface area contributed by atoms with Crippen LogP contribution in [0.5, 0.6) is 5.75 Å². The van der Waals surface area contributed by atoms with Gasteiger partial charge in [-0.2, -0.15) is 10.5 Å². The molecular formula is C19H12N2O3. The summed E-state index contributed by atoms with van der Waals surface area (Å²) in [5.74, 6) is -1.79. The van der Waals surface area contributed by atoms with Crippen molar-refractivity contribution in [3.05, 3.63) is 65.2 Å². The van der Waals surface area contributed by atoms with E-state index in [1.807, 2.05) is 12.1 Å². The van der Waals surface area contributed by atoms with E-state index in [2.05, 4.69) is 0 Å². The summed E-state index contributed by atoms with van der Waals surface area (Å²) in [6, 6.07) is 16.5. The Kier molecular flexibility index (Phi) is 3.63. The van der Waals surface area contributed by atoms with Crippen LogP contribution in [0.4, 0.5) is 0 Å². The lowest BCUT2D eigenvalue weighted by Crippen LogP contribution is -2.39. The summed E-state index contributed by atoms with van der Waals surface area (Å²) in [6.07, 6.45) is 0. The zero-order chi connectivity index (χ0) is 17.3. The molecule has 0 atom stereocenters. The molecular weight excluding hydrogens is 304 g/mol. The van der Waals surface area contributed by atoms with Crippen LogP contribution in [0.1, 0.15) is 26.3 Å².